The van der Waals surface area contributed by atoms with Gasteiger partial charge in [-0.1, -0.05) is 24.3 Å². The maximum Gasteiger partial charge on any atom is 0.257 e. The number of nitrogens with one attached hydrogen (secondary N) is 1. The predicted molar refractivity (Wildman–Crippen MR) is 82.3 cm³/mol. The first-order chi connectivity index (χ1) is 10.8. The van der Waals surface area contributed by atoms with Crippen LogP contribution in [0.15, 0.2) is 60.8 Å². The molecule has 0 saturated heterocycles. The Labute approximate surface area is 127 Å². The van der Waals surface area contributed by atoms with Crippen molar-refractivity contribution in [1.29, 1.82) is 0 Å². The van der Waals surface area contributed by atoms with Gasteiger partial charge in [-0.15, -0.1) is 9.90 Å². The van der Waals surface area contributed by atoms with Crippen LogP contribution in [0.2, 0.25) is 0 Å². The van der Waals surface area contributed by atoms with Gasteiger partial charge in [-0.3, -0.25) is 4.79 Å². The molecule has 1 aromatic heterocycles. The summed E-state index contributed by atoms with van der Waals surface area (Å²) < 4.78 is 5.11. The summed E-state index contributed by atoms with van der Waals surface area (Å²) in [4.78, 5) is 13.6. The molecule has 1 N–H and O–H groups in total. The van der Waals surface area contributed by atoms with Crippen LogP contribution in [-0.4, -0.2) is 28.0 Å². The Hall–Kier alpha value is -3.15. The molecule has 0 unspecified atom stereocenters. The number of nitrogens with zero attached hydrogens (tertiary/aromatic N) is 3. The molecule has 0 fully saturated rings. The van der Waals surface area contributed by atoms with E-state index >= 15 is 0 Å². The summed E-state index contributed by atoms with van der Waals surface area (Å²) in [6.07, 6.45) is 1.51. The second kappa shape index (κ2) is 6.09. The average molecular weight is 294 g/mol. The molecule has 6 heteroatoms. The van der Waals surface area contributed by atoms with E-state index in [4.69, 9.17) is 4.74 Å². The zero-order valence-corrected chi connectivity index (χ0v) is 11.9. The van der Waals surface area contributed by atoms with Crippen molar-refractivity contribution in [2.75, 3.05) is 12.4 Å². The topological polar surface area (TPSA) is 69.0 Å². The van der Waals surface area contributed by atoms with E-state index in [9.17, 15) is 4.79 Å². The number of ether oxygens (including phenoxy) is 1. The van der Waals surface area contributed by atoms with E-state index in [1.807, 2.05) is 30.3 Å². The highest BCUT2D eigenvalue weighted by molar-refractivity contribution is 6.03. The van der Waals surface area contributed by atoms with Crippen LogP contribution in [-0.2, 0) is 0 Å². The van der Waals surface area contributed by atoms with Gasteiger partial charge >= 0.3 is 0 Å². The molecule has 1 amide bonds. The number of anilines is 1. The fraction of sp³-hybridized carbons (Fsp3) is 0.0625. The Morgan fingerprint density at radius 1 is 1.14 bits per heavy atom. The van der Waals surface area contributed by atoms with Gasteiger partial charge < -0.3 is 10.1 Å². The fourth-order valence-corrected chi connectivity index (χ4v) is 1.96. The molecular weight excluding hydrogens is 280 g/mol. The zero-order valence-electron chi connectivity index (χ0n) is 11.9. The van der Waals surface area contributed by atoms with Crippen molar-refractivity contribution in [2.45, 2.75) is 0 Å². The van der Waals surface area contributed by atoms with Gasteiger partial charge in [0.2, 0.25) is 0 Å². The van der Waals surface area contributed by atoms with Crippen LogP contribution in [0.4, 0.5) is 5.82 Å². The summed E-state index contributed by atoms with van der Waals surface area (Å²) in [7, 11) is 1.56. The highest BCUT2D eigenvalue weighted by Crippen LogP contribution is 2.14. The summed E-state index contributed by atoms with van der Waals surface area (Å²) in [5, 5.41) is 11.1. The Balaban J connectivity index is 1.76. The summed E-state index contributed by atoms with van der Waals surface area (Å²) in [5.74, 6) is 0.747. The maximum atomic E-state index is 12.2. The number of carbonyl (C=O) groups is 1. The molecule has 0 aliphatic heterocycles. The number of hydrogen-bond acceptors (Lipinski definition) is 4. The number of hydrogen-bond donors (Lipinski definition) is 1. The van der Waals surface area contributed by atoms with Gasteiger partial charge in [-0.2, -0.15) is 5.10 Å². The van der Waals surface area contributed by atoms with Crippen molar-refractivity contribution in [3.63, 3.8) is 0 Å². The number of carbonyl (C=O) groups excluding carboxylic acids is 1. The van der Waals surface area contributed by atoms with Crippen molar-refractivity contribution in [2.24, 2.45) is 0 Å². The molecule has 0 spiro atoms. The van der Waals surface area contributed by atoms with Gasteiger partial charge in [0, 0.05) is 5.56 Å². The fourth-order valence-electron chi connectivity index (χ4n) is 1.96. The Morgan fingerprint density at radius 3 is 2.73 bits per heavy atom. The average Bonchev–Trinajstić information content (AvgIpc) is 3.04. The van der Waals surface area contributed by atoms with Gasteiger partial charge in [-0.25, -0.2) is 0 Å². The molecule has 0 atom stereocenters. The summed E-state index contributed by atoms with van der Waals surface area (Å²) >= 11 is 0. The number of aromatic nitrogens is 3. The lowest BCUT2D eigenvalue weighted by atomic mass is 10.2. The van der Waals surface area contributed by atoms with Crippen LogP contribution in [0.1, 0.15) is 10.4 Å². The third-order valence-electron chi connectivity index (χ3n) is 3.05. The van der Waals surface area contributed by atoms with E-state index in [2.05, 4.69) is 15.5 Å². The molecule has 0 saturated carbocycles. The highest BCUT2D eigenvalue weighted by Gasteiger charge is 2.10. The molecule has 3 rings (SSSR count). The molecule has 22 heavy (non-hydrogen) atoms. The molecule has 0 radical (unpaired) electrons. The second-order valence-corrected chi connectivity index (χ2v) is 4.54. The van der Waals surface area contributed by atoms with Crippen LogP contribution in [0.5, 0.6) is 5.75 Å². The van der Waals surface area contributed by atoms with Crippen molar-refractivity contribution >= 4 is 11.7 Å². The standard InChI is InChI=1S/C16H14N4O2/c1-22-14-9-5-6-12(10-14)16(21)18-15-11-17-20(19-15)13-7-3-2-4-8-13/h2-11H,1H3,(H,18,19,21). The van der Waals surface area contributed by atoms with Crippen molar-refractivity contribution in [1.82, 2.24) is 15.0 Å². The summed E-state index contributed by atoms with van der Waals surface area (Å²) in [6.45, 7) is 0. The van der Waals surface area contributed by atoms with E-state index in [0.29, 0.717) is 17.1 Å². The molecular formula is C16H14N4O2. The molecule has 6 nitrogen and oxygen atoms in total. The van der Waals surface area contributed by atoms with Crippen LogP contribution in [0, 0.1) is 0 Å². The van der Waals surface area contributed by atoms with E-state index in [1.165, 1.54) is 11.0 Å². The van der Waals surface area contributed by atoms with E-state index in [1.54, 1.807) is 31.4 Å². The molecule has 0 aliphatic rings. The third-order valence-corrected chi connectivity index (χ3v) is 3.05. The van der Waals surface area contributed by atoms with Gasteiger partial charge in [0.25, 0.3) is 5.91 Å². The number of amides is 1. The predicted octanol–water partition coefficient (Wildman–Crippen LogP) is 2.53. The van der Waals surface area contributed by atoms with Gasteiger partial charge in [0.15, 0.2) is 5.82 Å². The lowest BCUT2D eigenvalue weighted by Crippen LogP contribution is -2.12. The minimum absolute atomic E-state index is 0.265. The second-order valence-electron chi connectivity index (χ2n) is 4.54. The van der Waals surface area contributed by atoms with Gasteiger partial charge in [-0.05, 0) is 30.3 Å². The van der Waals surface area contributed by atoms with E-state index < -0.39 is 0 Å². The molecule has 0 bridgehead atoms. The number of para-hydroxylation sites is 1. The van der Waals surface area contributed by atoms with Crippen LogP contribution in [0.25, 0.3) is 5.69 Å². The minimum atomic E-state index is -0.265. The first kappa shape index (κ1) is 13.8. The first-order valence-electron chi connectivity index (χ1n) is 6.69. The number of methoxy groups -OCH3 is 1. The maximum absolute atomic E-state index is 12.2. The van der Waals surface area contributed by atoms with Crippen molar-refractivity contribution < 1.29 is 9.53 Å². The SMILES string of the molecule is COc1cccc(C(=O)Nc2cnn(-c3ccccc3)n2)c1. The Morgan fingerprint density at radius 2 is 1.95 bits per heavy atom. The first-order valence-corrected chi connectivity index (χ1v) is 6.69. The summed E-state index contributed by atoms with van der Waals surface area (Å²) in [6, 6.07) is 16.4. The Kier molecular flexibility index (Phi) is 3.82. The minimum Gasteiger partial charge on any atom is -0.497 e. The summed E-state index contributed by atoms with van der Waals surface area (Å²) in [5.41, 5.74) is 1.32. The zero-order chi connectivity index (χ0) is 15.4. The van der Waals surface area contributed by atoms with Crippen LogP contribution in [0.3, 0.4) is 0 Å². The number of rotatable bonds is 4. The smallest absolute Gasteiger partial charge is 0.257 e. The quantitative estimate of drug-likeness (QED) is 0.802. The van der Waals surface area contributed by atoms with Crippen molar-refractivity contribution in [3.05, 3.63) is 66.4 Å². The monoisotopic (exact) mass is 294 g/mol. The van der Waals surface area contributed by atoms with Gasteiger partial charge in [0.1, 0.15) is 5.75 Å². The third kappa shape index (κ3) is 2.95. The van der Waals surface area contributed by atoms with Crippen LogP contribution < -0.4 is 10.1 Å². The molecule has 2 aromatic carbocycles. The van der Waals surface area contributed by atoms with E-state index in [-0.39, 0.29) is 5.91 Å². The highest BCUT2D eigenvalue weighted by atomic mass is 16.5. The number of benzene rings is 2. The largest absolute Gasteiger partial charge is 0.497 e. The molecule has 0 aliphatic carbocycles. The molecule has 1 heterocycles. The normalized spacial score (nSPS) is 10.2. The van der Waals surface area contributed by atoms with Gasteiger partial charge in [0.05, 0.1) is 19.0 Å². The van der Waals surface area contributed by atoms with Crippen LogP contribution >= 0.6 is 0 Å². The molecule has 3 aromatic rings. The lowest BCUT2D eigenvalue weighted by Gasteiger charge is -2.04. The lowest BCUT2D eigenvalue weighted by molar-refractivity contribution is 0.102. The van der Waals surface area contributed by atoms with E-state index in [0.717, 1.165) is 5.69 Å². The van der Waals surface area contributed by atoms with Crippen molar-refractivity contribution in [3.8, 4) is 11.4 Å². The Bertz CT molecular complexity index is 784. The molecule has 110 valence electrons.